The molecule has 0 radical (unpaired) electrons. The van der Waals surface area contributed by atoms with Crippen molar-refractivity contribution in [2.24, 2.45) is 0 Å². The van der Waals surface area contributed by atoms with Crippen LogP contribution in [-0.2, 0) is 19.1 Å². The predicted octanol–water partition coefficient (Wildman–Crippen LogP) is 3.50. The van der Waals surface area contributed by atoms with Gasteiger partial charge in [0, 0.05) is 19.4 Å². The number of aliphatic hydroxyl groups is 1. The van der Waals surface area contributed by atoms with Gasteiger partial charge in [0.15, 0.2) is 0 Å². The quantitative estimate of drug-likeness (QED) is 0.250. The summed E-state index contributed by atoms with van der Waals surface area (Å²) in [6, 6.07) is 5.18. The largest absolute Gasteiger partial charge is 0.478 e. The number of benzene rings is 1. The minimum atomic E-state index is -1.10. The fourth-order valence-corrected chi connectivity index (χ4v) is 2.68. The average molecular weight is 422 g/mol. The van der Waals surface area contributed by atoms with Crippen LogP contribution < -0.4 is 0 Å². The summed E-state index contributed by atoms with van der Waals surface area (Å²) in [5.41, 5.74) is 0.174. The second-order valence-corrected chi connectivity index (χ2v) is 6.92. The Hall–Kier alpha value is -2.74. The lowest BCUT2D eigenvalue weighted by atomic mass is 10.1. The van der Waals surface area contributed by atoms with Crippen LogP contribution in [0.1, 0.15) is 84.9 Å². The van der Waals surface area contributed by atoms with Crippen LogP contribution in [-0.4, -0.2) is 47.3 Å². The highest BCUT2D eigenvalue weighted by Gasteiger charge is 2.13. The Kier molecular flexibility index (Phi) is 12.8. The number of carbonyl (C=O) groups is 4. The molecule has 8 heteroatoms. The highest BCUT2D eigenvalue weighted by molar-refractivity contribution is 5.97. The number of hydrogen-bond acceptors (Lipinski definition) is 7. The monoisotopic (exact) mass is 422 g/mol. The Morgan fingerprint density at radius 3 is 1.80 bits per heavy atom. The molecule has 0 saturated heterocycles. The molecule has 0 spiro atoms. The van der Waals surface area contributed by atoms with Gasteiger partial charge in [-0.1, -0.05) is 25.7 Å². The highest BCUT2D eigenvalue weighted by atomic mass is 16.6. The first-order valence-electron chi connectivity index (χ1n) is 10.3. The first kappa shape index (κ1) is 25.3. The topological polar surface area (TPSA) is 127 Å². The van der Waals surface area contributed by atoms with Crippen LogP contribution in [0, 0.1) is 0 Å². The molecule has 0 aliphatic rings. The van der Waals surface area contributed by atoms with Crippen LogP contribution in [0.4, 0.5) is 0 Å². The lowest BCUT2D eigenvalue weighted by Gasteiger charge is -2.05. The van der Waals surface area contributed by atoms with Gasteiger partial charge >= 0.3 is 23.9 Å². The molecule has 1 rings (SSSR count). The zero-order valence-electron chi connectivity index (χ0n) is 17.1. The van der Waals surface area contributed by atoms with E-state index in [0.29, 0.717) is 32.3 Å². The SMILES string of the molecule is O=C(CCCCCCCCC(=O)OC(=O)c1ccc(C(=O)O)cc1)OCCCCO. The molecule has 0 unspecified atom stereocenters. The molecule has 0 aromatic heterocycles. The smallest absolute Gasteiger partial charge is 0.345 e. The number of aliphatic hydroxyl groups excluding tert-OH is 1. The predicted molar refractivity (Wildman–Crippen MR) is 108 cm³/mol. The summed E-state index contributed by atoms with van der Waals surface area (Å²) in [6.45, 7) is 0.458. The number of carbonyl (C=O) groups excluding carboxylic acids is 3. The standard InChI is InChI=1S/C22H30O8/c23-15-7-8-16-29-19(24)9-5-3-1-2-4-6-10-20(25)30-22(28)18-13-11-17(12-14-18)21(26)27/h11-14,23H,1-10,15-16H2,(H,26,27). The maximum absolute atomic E-state index is 11.9. The van der Waals surface area contributed by atoms with Crippen LogP contribution in [0.25, 0.3) is 0 Å². The Bertz CT molecular complexity index is 681. The van der Waals surface area contributed by atoms with Crippen LogP contribution >= 0.6 is 0 Å². The zero-order valence-corrected chi connectivity index (χ0v) is 17.1. The van der Waals surface area contributed by atoms with E-state index in [2.05, 4.69) is 0 Å². The summed E-state index contributed by atoms with van der Waals surface area (Å²) in [5.74, 6) is -2.70. The fraction of sp³-hybridized carbons (Fsp3) is 0.545. The van der Waals surface area contributed by atoms with Crippen molar-refractivity contribution in [3.63, 3.8) is 0 Å². The molecule has 166 valence electrons. The lowest BCUT2D eigenvalue weighted by molar-refractivity contribution is -0.144. The van der Waals surface area contributed by atoms with E-state index in [1.165, 1.54) is 24.3 Å². The van der Waals surface area contributed by atoms with Gasteiger partial charge in [-0.3, -0.25) is 9.59 Å². The number of carboxylic acid groups (broad SMARTS) is 1. The average Bonchev–Trinajstić information content (AvgIpc) is 2.73. The molecule has 0 atom stereocenters. The highest BCUT2D eigenvalue weighted by Crippen LogP contribution is 2.11. The number of carboxylic acids is 1. The fourth-order valence-electron chi connectivity index (χ4n) is 2.68. The van der Waals surface area contributed by atoms with E-state index in [9.17, 15) is 19.2 Å². The van der Waals surface area contributed by atoms with Crippen molar-refractivity contribution >= 4 is 23.9 Å². The number of unbranched alkanes of at least 4 members (excludes halogenated alkanes) is 6. The van der Waals surface area contributed by atoms with Crippen molar-refractivity contribution in [1.82, 2.24) is 0 Å². The molecule has 0 aliphatic heterocycles. The van der Waals surface area contributed by atoms with Crippen molar-refractivity contribution in [2.45, 2.75) is 64.2 Å². The van der Waals surface area contributed by atoms with E-state index >= 15 is 0 Å². The number of aromatic carboxylic acids is 1. The first-order chi connectivity index (χ1) is 14.4. The van der Waals surface area contributed by atoms with Gasteiger partial charge in [-0.2, -0.15) is 0 Å². The molecule has 0 heterocycles. The molecule has 2 N–H and O–H groups in total. The molecular weight excluding hydrogens is 392 g/mol. The van der Waals surface area contributed by atoms with Crippen molar-refractivity contribution in [2.75, 3.05) is 13.2 Å². The van der Waals surface area contributed by atoms with Gasteiger partial charge < -0.3 is 19.7 Å². The van der Waals surface area contributed by atoms with E-state index in [1.54, 1.807) is 0 Å². The van der Waals surface area contributed by atoms with Crippen LogP contribution in [0.15, 0.2) is 24.3 Å². The third kappa shape index (κ3) is 11.3. The first-order valence-corrected chi connectivity index (χ1v) is 10.3. The van der Waals surface area contributed by atoms with Crippen LogP contribution in [0.3, 0.4) is 0 Å². The number of ether oxygens (including phenoxy) is 2. The molecule has 0 amide bonds. The van der Waals surface area contributed by atoms with Crippen LogP contribution in [0.2, 0.25) is 0 Å². The number of esters is 3. The van der Waals surface area contributed by atoms with Gasteiger partial charge in [-0.15, -0.1) is 0 Å². The van der Waals surface area contributed by atoms with Gasteiger partial charge in [-0.05, 0) is 49.9 Å². The second kappa shape index (κ2) is 15.1. The zero-order chi connectivity index (χ0) is 22.2. The maximum atomic E-state index is 11.9. The van der Waals surface area contributed by atoms with Crippen molar-refractivity contribution in [1.29, 1.82) is 0 Å². The molecule has 8 nitrogen and oxygen atoms in total. The lowest BCUT2D eigenvalue weighted by Crippen LogP contribution is -2.12. The van der Waals surface area contributed by atoms with E-state index in [4.69, 9.17) is 19.7 Å². The van der Waals surface area contributed by atoms with E-state index < -0.39 is 17.9 Å². The van der Waals surface area contributed by atoms with Crippen molar-refractivity contribution in [3.05, 3.63) is 35.4 Å². The third-order valence-electron chi connectivity index (χ3n) is 4.40. The third-order valence-corrected chi connectivity index (χ3v) is 4.40. The minimum Gasteiger partial charge on any atom is -0.478 e. The van der Waals surface area contributed by atoms with Crippen LogP contribution in [0.5, 0.6) is 0 Å². The summed E-state index contributed by atoms with van der Waals surface area (Å²) in [4.78, 5) is 45.8. The second-order valence-electron chi connectivity index (χ2n) is 6.92. The van der Waals surface area contributed by atoms with Gasteiger partial charge in [0.2, 0.25) is 0 Å². The molecule has 1 aromatic rings. The summed E-state index contributed by atoms with van der Waals surface area (Å²) in [7, 11) is 0. The van der Waals surface area contributed by atoms with Gasteiger partial charge in [-0.25, -0.2) is 9.59 Å². The van der Waals surface area contributed by atoms with E-state index in [1.807, 2.05) is 0 Å². The molecule has 0 bridgehead atoms. The Labute approximate surface area is 176 Å². The molecule has 1 aromatic carbocycles. The number of rotatable bonds is 15. The van der Waals surface area contributed by atoms with E-state index in [-0.39, 0.29) is 30.1 Å². The molecule has 0 fully saturated rings. The van der Waals surface area contributed by atoms with E-state index in [0.717, 1.165) is 32.1 Å². The molecular formula is C22H30O8. The van der Waals surface area contributed by atoms with Crippen molar-refractivity contribution < 1.29 is 38.9 Å². The Balaban J connectivity index is 2.04. The normalized spacial score (nSPS) is 10.4. The van der Waals surface area contributed by atoms with Gasteiger partial charge in [0.1, 0.15) is 0 Å². The maximum Gasteiger partial charge on any atom is 0.345 e. The summed E-state index contributed by atoms with van der Waals surface area (Å²) >= 11 is 0. The van der Waals surface area contributed by atoms with Gasteiger partial charge in [0.05, 0.1) is 17.7 Å². The molecule has 0 aliphatic carbocycles. The summed E-state index contributed by atoms with van der Waals surface area (Å²) in [5, 5.41) is 17.5. The molecule has 30 heavy (non-hydrogen) atoms. The van der Waals surface area contributed by atoms with Gasteiger partial charge in [0.25, 0.3) is 0 Å². The molecule has 0 saturated carbocycles. The minimum absolute atomic E-state index is 0.0489. The van der Waals surface area contributed by atoms with Crippen molar-refractivity contribution in [3.8, 4) is 0 Å². The Morgan fingerprint density at radius 2 is 1.23 bits per heavy atom. The summed E-state index contributed by atoms with van der Waals surface area (Å²) in [6.07, 6.45) is 6.80. The summed E-state index contributed by atoms with van der Waals surface area (Å²) < 4.78 is 9.81. The Morgan fingerprint density at radius 1 is 0.700 bits per heavy atom. The number of hydrogen-bond donors (Lipinski definition) is 2.